The van der Waals surface area contributed by atoms with Crippen molar-refractivity contribution in [3.63, 3.8) is 0 Å². The van der Waals surface area contributed by atoms with Crippen LogP contribution in [-0.4, -0.2) is 6.36 Å². The lowest BCUT2D eigenvalue weighted by molar-refractivity contribution is -0.274. The summed E-state index contributed by atoms with van der Waals surface area (Å²) in [6, 6.07) is 11.1. The summed E-state index contributed by atoms with van der Waals surface area (Å²) in [4.78, 5) is 0. The van der Waals surface area contributed by atoms with Gasteiger partial charge < -0.3 is 4.74 Å². The maximum Gasteiger partial charge on any atom is 0.573 e. The summed E-state index contributed by atoms with van der Waals surface area (Å²) < 4.78 is 40.1. The topological polar surface area (TPSA) is 9.23 Å². The SMILES string of the molecule is FC(F)(F)Oc1ccc(-c2cc(CBr)ccc2Cl)cc1. The third-order valence-electron chi connectivity index (χ3n) is 2.58. The van der Waals surface area contributed by atoms with Crippen LogP contribution in [0.4, 0.5) is 13.2 Å². The molecule has 0 heterocycles. The highest BCUT2D eigenvalue weighted by atomic mass is 79.9. The van der Waals surface area contributed by atoms with Gasteiger partial charge in [0.1, 0.15) is 5.75 Å². The Morgan fingerprint density at radius 2 is 1.70 bits per heavy atom. The van der Waals surface area contributed by atoms with Gasteiger partial charge in [0.25, 0.3) is 0 Å². The van der Waals surface area contributed by atoms with Gasteiger partial charge in [-0.25, -0.2) is 0 Å². The molecule has 2 aromatic carbocycles. The molecule has 6 heteroatoms. The fourth-order valence-corrected chi connectivity index (χ4v) is 2.29. The van der Waals surface area contributed by atoms with E-state index in [9.17, 15) is 13.2 Å². The van der Waals surface area contributed by atoms with Gasteiger partial charge in [-0.1, -0.05) is 45.7 Å². The van der Waals surface area contributed by atoms with Crippen LogP contribution in [0.15, 0.2) is 42.5 Å². The van der Waals surface area contributed by atoms with Gasteiger partial charge >= 0.3 is 6.36 Å². The summed E-state index contributed by atoms with van der Waals surface area (Å²) in [6.45, 7) is 0. The van der Waals surface area contributed by atoms with Gasteiger partial charge in [0.2, 0.25) is 0 Å². The lowest BCUT2D eigenvalue weighted by atomic mass is 10.0. The van der Waals surface area contributed by atoms with E-state index in [1.165, 1.54) is 12.1 Å². The van der Waals surface area contributed by atoms with E-state index in [0.29, 0.717) is 10.4 Å². The van der Waals surface area contributed by atoms with Gasteiger partial charge in [0.05, 0.1) is 0 Å². The minimum Gasteiger partial charge on any atom is -0.406 e. The first-order valence-corrected chi connectivity index (χ1v) is 7.09. The smallest absolute Gasteiger partial charge is 0.406 e. The first-order chi connectivity index (χ1) is 9.39. The number of hydrogen-bond acceptors (Lipinski definition) is 1. The third kappa shape index (κ3) is 3.90. The Balaban J connectivity index is 2.30. The summed E-state index contributed by atoms with van der Waals surface area (Å²) >= 11 is 9.45. The molecule has 0 spiro atoms. The standard InChI is InChI=1S/C14H9BrClF3O/c15-8-9-1-6-13(16)12(7-9)10-2-4-11(5-3-10)20-14(17,18)19/h1-7H,8H2. The zero-order chi connectivity index (χ0) is 14.8. The number of rotatable bonds is 3. The van der Waals surface area contributed by atoms with Crippen molar-refractivity contribution in [2.45, 2.75) is 11.7 Å². The molecule has 0 saturated heterocycles. The highest BCUT2D eigenvalue weighted by Gasteiger charge is 2.30. The normalized spacial score (nSPS) is 11.4. The van der Waals surface area contributed by atoms with E-state index in [2.05, 4.69) is 20.7 Å². The molecular formula is C14H9BrClF3O. The second-order valence-electron chi connectivity index (χ2n) is 4.02. The Morgan fingerprint density at radius 1 is 1.05 bits per heavy atom. The van der Waals surface area contributed by atoms with Crippen LogP contribution in [-0.2, 0) is 5.33 Å². The van der Waals surface area contributed by atoms with Crippen LogP contribution in [0, 0.1) is 0 Å². The van der Waals surface area contributed by atoms with Crippen LogP contribution in [0.1, 0.15) is 5.56 Å². The molecule has 0 aromatic heterocycles. The Morgan fingerprint density at radius 3 is 2.25 bits per heavy atom. The lowest BCUT2D eigenvalue weighted by Gasteiger charge is -2.10. The first-order valence-electron chi connectivity index (χ1n) is 5.59. The van der Waals surface area contributed by atoms with Crippen LogP contribution in [0.3, 0.4) is 0 Å². The van der Waals surface area contributed by atoms with Crippen LogP contribution < -0.4 is 4.74 Å². The summed E-state index contributed by atoms with van der Waals surface area (Å²) in [5.41, 5.74) is 2.52. The molecule has 0 aliphatic rings. The van der Waals surface area contributed by atoms with Crippen molar-refractivity contribution >= 4 is 27.5 Å². The fourth-order valence-electron chi connectivity index (χ4n) is 1.71. The Labute approximate surface area is 127 Å². The monoisotopic (exact) mass is 364 g/mol. The van der Waals surface area contributed by atoms with Crippen LogP contribution in [0.5, 0.6) is 5.75 Å². The number of alkyl halides is 4. The highest BCUT2D eigenvalue weighted by Crippen LogP contribution is 2.31. The van der Waals surface area contributed by atoms with E-state index in [4.69, 9.17) is 11.6 Å². The van der Waals surface area contributed by atoms with E-state index < -0.39 is 6.36 Å². The van der Waals surface area contributed by atoms with Crippen molar-refractivity contribution in [2.24, 2.45) is 0 Å². The molecule has 0 amide bonds. The molecular weight excluding hydrogens is 357 g/mol. The Hall–Kier alpha value is -1.20. The third-order valence-corrected chi connectivity index (χ3v) is 3.56. The molecule has 0 aliphatic heterocycles. The minimum atomic E-state index is -4.69. The average Bonchev–Trinajstić information content (AvgIpc) is 2.39. The predicted molar refractivity (Wildman–Crippen MR) is 76.2 cm³/mol. The molecule has 0 aliphatic carbocycles. The van der Waals surface area contributed by atoms with Crippen molar-refractivity contribution in [1.82, 2.24) is 0 Å². The average molecular weight is 366 g/mol. The lowest BCUT2D eigenvalue weighted by Crippen LogP contribution is -2.16. The molecule has 0 atom stereocenters. The quantitative estimate of drug-likeness (QED) is 0.625. The second kappa shape index (κ2) is 6.06. The molecule has 20 heavy (non-hydrogen) atoms. The van der Waals surface area contributed by atoms with Crippen LogP contribution >= 0.6 is 27.5 Å². The largest absolute Gasteiger partial charge is 0.573 e. The summed E-state index contributed by atoms with van der Waals surface area (Å²) in [7, 11) is 0. The van der Waals surface area contributed by atoms with Gasteiger partial charge in [-0.05, 0) is 35.4 Å². The molecule has 2 rings (SSSR count). The second-order valence-corrected chi connectivity index (χ2v) is 4.99. The van der Waals surface area contributed by atoms with Gasteiger partial charge in [0, 0.05) is 15.9 Å². The Bertz CT molecular complexity index is 596. The van der Waals surface area contributed by atoms with Gasteiger partial charge in [-0.2, -0.15) is 0 Å². The van der Waals surface area contributed by atoms with E-state index in [-0.39, 0.29) is 5.75 Å². The number of ether oxygens (including phenoxy) is 1. The Kier molecular flexibility index (Phi) is 4.60. The summed E-state index contributed by atoms with van der Waals surface area (Å²) in [6.07, 6.45) is -4.69. The van der Waals surface area contributed by atoms with E-state index in [0.717, 1.165) is 16.7 Å². The fraction of sp³-hybridized carbons (Fsp3) is 0.143. The van der Waals surface area contributed by atoms with Crippen molar-refractivity contribution in [3.8, 4) is 16.9 Å². The molecule has 0 bridgehead atoms. The molecule has 0 radical (unpaired) electrons. The summed E-state index contributed by atoms with van der Waals surface area (Å²) in [5, 5.41) is 1.21. The van der Waals surface area contributed by atoms with Gasteiger partial charge in [-0.15, -0.1) is 13.2 Å². The predicted octanol–water partition coefficient (Wildman–Crippen LogP) is 5.80. The molecule has 106 valence electrons. The maximum atomic E-state index is 12.1. The van der Waals surface area contributed by atoms with Crippen molar-refractivity contribution in [2.75, 3.05) is 0 Å². The van der Waals surface area contributed by atoms with Crippen molar-refractivity contribution < 1.29 is 17.9 Å². The number of halogens is 5. The highest BCUT2D eigenvalue weighted by molar-refractivity contribution is 9.08. The number of hydrogen-bond donors (Lipinski definition) is 0. The molecule has 1 nitrogen and oxygen atoms in total. The van der Waals surface area contributed by atoms with Gasteiger partial charge in [-0.3, -0.25) is 0 Å². The van der Waals surface area contributed by atoms with E-state index in [1.54, 1.807) is 18.2 Å². The number of benzene rings is 2. The molecule has 0 N–H and O–H groups in total. The maximum absolute atomic E-state index is 12.1. The molecule has 0 fully saturated rings. The minimum absolute atomic E-state index is 0.256. The van der Waals surface area contributed by atoms with Crippen molar-refractivity contribution in [3.05, 3.63) is 53.1 Å². The van der Waals surface area contributed by atoms with Gasteiger partial charge in [0.15, 0.2) is 0 Å². The van der Waals surface area contributed by atoms with E-state index >= 15 is 0 Å². The zero-order valence-corrected chi connectivity index (χ0v) is 12.4. The van der Waals surface area contributed by atoms with E-state index in [1.807, 2.05) is 12.1 Å². The molecule has 0 saturated carbocycles. The van der Waals surface area contributed by atoms with Crippen LogP contribution in [0.2, 0.25) is 5.02 Å². The molecule has 0 unspecified atom stereocenters. The zero-order valence-electron chi connectivity index (χ0n) is 10.0. The van der Waals surface area contributed by atoms with Crippen LogP contribution in [0.25, 0.3) is 11.1 Å². The van der Waals surface area contributed by atoms with Crippen molar-refractivity contribution in [1.29, 1.82) is 0 Å². The molecule has 2 aromatic rings. The first kappa shape index (κ1) is 15.2. The summed E-state index contributed by atoms with van der Waals surface area (Å²) in [5.74, 6) is -0.256.